The summed E-state index contributed by atoms with van der Waals surface area (Å²) in [6.07, 6.45) is 11.8. The number of hydrogen-bond donors (Lipinski definition) is 2. The number of phenols is 1. The number of aryl methyl sites for hydroxylation is 1. The number of carbonyl (C=O) groups excluding carboxylic acids is 1. The summed E-state index contributed by atoms with van der Waals surface area (Å²) in [4.78, 5) is 26.3. The molecule has 5 nitrogen and oxygen atoms in total. The first kappa shape index (κ1) is 26.7. The van der Waals surface area contributed by atoms with Crippen molar-refractivity contribution in [1.29, 1.82) is 0 Å². The number of carboxylic acids is 1. The van der Waals surface area contributed by atoms with Gasteiger partial charge in [-0.1, -0.05) is 93.6 Å². The number of hydrogen-bond acceptors (Lipinski definition) is 3. The number of carboxylic acid groups (broad SMARTS) is 1. The quantitative estimate of drug-likeness (QED) is 0.198. The Hall–Kier alpha value is -3.86. The highest BCUT2D eigenvalue weighted by Gasteiger charge is 2.18. The van der Waals surface area contributed by atoms with Gasteiger partial charge in [-0.2, -0.15) is 0 Å². The zero-order valence-corrected chi connectivity index (χ0v) is 20.9. The van der Waals surface area contributed by atoms with Crippen LogP contribution in [0, 0.1) is 0 Å². The Balaban J connectivity index is 1.75. The van der Waals surface area contributed by atoms with Crippen LogP contribution in [0.3, 0.4) is 0 Å². The van der Waals surface area contributed by atoms with Gasteiger partial charge in [0.05, 0.1) is 6.54 Å². The molecule has 5 heteroatoms. The molecule has 0 aliphatic carbocycles. The number of aromatic carboxylic acids is 1. The van der Waals surface area contributed by atoms with Crippen molar-refractivity contribution in [1.82, 2.24) is 0 Å². The van der Waals surface area contributed by atoms with Crippen molar-refractivity contribution in [3.8, 4) is 5.75 Å². The normalized spacial score (nSPS) is 11.0. The van der Waals surface area contributed by atoms with Crippen LogP contribution < -0.4 is 4.90 Å². The summed E-state index contributed by atoms with van der Waals surface area (Å²) in [6.45, 7) is 2.50. The van der Waals surface area contributed by atoms with Crippen molar-refractivity contribution < 1.29 is 19.8 Å². The van der Waals surface area contributed by atoms with Crippen LogP contribution in [0.4, 0.5) is 5.69 Å². The predicted molar refractivity (Wildman–Crippen MR) is 145 cm³/mol. The van der Waals surface area contributed by atoms with Gasteiger partial charge in [0.25, 0.3) is 5.91 Å². The Morgan fingerprint density at radius 2 is 1.50 bits per heavy atom. The zero-order chi connectivity index (χ0) is 25.8. The van der Waals surface area contributed by atoms with Gasteiger partial charge in [-0.3, -0.25) is 4.79 Å². The second kappa shape index (κ2) is 13.9. The number of anilines is 1. The Morgan fingerprint density at radius 1 is 0.833 bits per heavy atom. The number of amides is 1. The Labute approximate surface area is 213 Å². The molecule has 36 heavy (non-hydrogen) atoms. The summed E-state index contributed by atoms with van der Waals surface area (Å²) in [5.41, 5.74) is 3.26. The molecule has 0 saturated heterocycles. The first-order valence-electron chi connectivity index (χ1n) is 12.7. The van der Waals surface area contributed by atoms with Crippen molar-refractivity contribution in [3.63, 3.8) is 0 Å². The average Bonchev–Trinajstić information content (AvgIpc) is 2.89. The Morgan fingerprint density at radius 3 is 2.19 bits per heavy atom. The molecule has 0 aromatic heterocycles. The van der Waals surface area contributed by atoms with Gasteiger partial charge in [-0.25, -0.2) is 4.79 Å². The number of rotatable bonds is 13. The number of benzene rings is 3. The van der Waals surface area contributed by atoms with Crippen molar-refractivity contribution in [2.45, 2.75) is 58.4 Å². The lowest BCUT2D eigenvalue weighted by molar-refractivity contribution is -0.114. The van der Waals surface area contributed by atoms with Gasteiger partial charge in [0, 0.05) is 11.8 Å². The lowest BCUT2D eigenvalue weighted by Gasteiger charge is -2.22. The third kappa shape index (κ3) is 8.12. The van der Waals surface area contributed by atoms with Gasteiger partial charge in [0.2, 0.25) is 0 Å². The molecule has 3 aromatic carbocycles. The van der Waals surface area contributed by atoms with E-state index in [4.69, 9.17) is 0 Å². The van der Waals surface area contributed by atoms with Crippen LogP contribution in [0.2, 0.25) is 0 Å². The van der Waals surface area contributed by atoms with Gasteiger partial charge < -0.3 is 15.1 Å². The second-order valence-corrected chi connectivity index (χ2v) is 9.01. The summed E-state index contributed by atoms with van der Waals surface area (Å²) in [6, 6.07) is 21.9. The zero-order valence-electron chi connectivity index (χ0n) is 20.9. The minimum Gasteiger partial charge on any atom is -0.507 e. The molecule has 0 radical (unpaired) electrons. The fourth-order valence-corrected chi connectivity index (χ4v) is 4.08. The maximum atomic E-state index is 13.2. The molecule has 0 bridgehead atoms. The largest absolute Gasteiger partial charge is 0.507 e. The molecule has 0 saturated carbocycles. The highest BCUT2D eigenvalue weighted by molar-refractivity contribution is 6.04. The van der Waals surface area contributed by atoms with Gasteiger partial charge in [-0.15, -0.1) is 0 Å². The highest BCUT2D eigenvalue weighted by atomic mass is 16.4. The van der Waals surface area contributed by atoms with Crippen molar-refractivity contribution in [2.75, 3.05) is 4.90 Å². The van der Waals surface area contributed by atoms with Crippen molar-refractivity contribution in [3.05, 3.63) is 101 Å². The van der Waals surface area contributed by atoms with E-state index < -0.39 is 5.97 Å². The Kier molecular flexibility index (Phi) is 10.3. The van der Waals surface area contributed by atoms with Crippen LogP contribution in [0.25, 0.3) is 6.08 Å². The van der Waals surface area contributed by atoms with E-state index in [9.17, 15) is 19.8 Å². The minimum atomic E-state index is -1.25. The third-order valence-corrected chi connectivity index (χ3v) is 6.19. The molecule has 3 rings (SSSR count). The number of nitrogens with zero attached hydrogens (tertiary/aromatic N) is 1. The average molecular weight is 486 g/mol. The molecule has 188 valence electrons. The molecule has 0 spiro atoms. The second-order valence-electron chi connectivity index (χ2n) is 9.01. The maximum Gasteiger partial charge on any atom is 0.339 e. The van der Waals surface area contributed by atoms with E-state index in [1.165, 1.54) is 67.2 Å². The number of unbranched alkanes of at least 4 members (excludes halogenated alkanes) is 5. The van der Waals surface area contributed by atoms with E-state index in [1.807, 2.05) is 42.5 Å². The van der Waals surface area contributed by atoms with E-state index in [0.29, 0.717) is 5.69 Å². The fraction of sp³-hybridized carbons (Fsp3) is 0.290. The van der Waals surface area contributed by atoms with E-state index >= 15 is 0 Å². The summed E-state index contributed by atoms with van der Waals surface area (Å²) < 4.78 is 0. The summed E-state index contributed by atoms with van der Waals surface area (Å²) in [7, 11) is 0. The van der Waals surface area contributed by atoms with Crippen molar-refractivity contribution >= 4 is 23.6 Å². The van der Waals surface area contributed by atoms with Crippen LogP contribution in [0.1, 0.15) is 72.5 Å². The van der Waals surface area contributed by atoms with Gasteiger partial charge in [0.15, 0.2) is 0 Å². The van der Waals surface area contributed by atoms with E-state index in [2.05, 4.69) is 19.1 Å². The lowest BCUT2D eigenvalue weighted by atomic mass is 10.0. The van der Waals surface area contributed by atoms with Gasteiger partial charge in [0.1, 0.15) is 11.3 Å². The van der Waals surface area contributed by atoms with Gasteiger partial charge in [-0.05, 0) is 53.8 Å². The molecule has 0 atom stereocenters. The Bertz CT molecular complexity index is 1150. The topological polar surface area (TPSA) is 77.8 Å². The van der Waals surface area contributed by atoms with E-state index in [-0.39, 0.29) is 23.8 Å². The van der Waals surface area contributed by atoms with E-state index in [1.54, 1.807) is 12.1 Å². The van der Waals surface area contributed by atoms with Crippen LogP contribution in [-0.2, 0) is 17.8 Å². The van der Waals surface area contributed by atoms with Crippen LogP contribution >= 0.6 is 0 Å². The number of aromatic hydroxyl groups is 1. The molecule has 0 unspecified atom stereocenters. The molecule has 0 heterocycles. The standard InChI is InChI=1S/C31H35NO4/c1-2-3-4-5-6-8-13-25-14-16-26(17-15-25)23-32(27-19-20-29(33)28(22-27)31(35)36)30(34)21-18-24-11-9-7-10-12-24/h7,9-12,14-22,33H,2-6,8,13,23H2,1H3,(H,35,36)/b21-18+. The molecule has 0 fully saturated rings. The van der Waals surface area contributed by atoms with E-state index in [0.717, 1.165) is 17.5 Å². The van der Waals surface area contributed by atoms with Gasteiger partial charge >= 0.3 is 5.97 Å². The monoisotopic (exact) mass is 485 g/mol. The molecule has 0 aliphatic heterocycles. The maximum absolute atomic E-state index is 13.2. The lowest BCUT2D eigenvalue weighted by Crippen LogP contribution is -2.29. The smallest absolute Gasteiger partial charge is 0.339 e. The number of carbonyl (C=O) groups is 2. The molecule has 1 amide bonds. The summed E-state index contributed by atoms with van der Waals surface area (Å²) >= 11 is 0. The first-order valence-corrected chi connectivity index (χ1v) is 12.7. The molecular formula is C31H35NO4. The highest BCUT2D eigenvalue weighted by Crippen LogP contribution is 2.26. The van der Waals surface area contributed by atoms with Crippen molar-refractivity contribution in [2.24, 2.45) is 0 Å². The molecular weight excluding hydrogens is 450 g/mol. The first-order chi connectivity index (χ1) is 17.5. The minimum absolute atomic E-state index is 0.244. The molecule has 3 aromatic rings. The molecule has 2 N–H and O–H groups in total. The fourth-order valence-electron chi connectivity index (χ4n) is 4.08. The van der Waals surface area contributed by atoms with Crippen LogP contribution in [-0.4, -0.2) is 22.1 Å². The SMILES string of the molecule is CCCCCCCCc1ccc(CN(C(=O)/C=C/c2ccccc2)c2ccc(O)c(C(=O)O)c2)cc1. The van der Waals surface area contributed by atoms with Crippen LogP contribution in [0.5, 0.6) is 5.75 Å². The molecule has 0 aliphatic rings. The predicted octanol–water partition coefficient (Wildman–Crippen LogP) is 7.24. The van der Waals surface area contributed by atoms with Crippen LogP contribution in [0.15, 0.2) is 78.9 Å². The summed E-state index contributed by atoms with van der Waals surface area (Å²) in [5.74, 6) is -1.87. The third-order valence-electron chi connectivity index (χ3n) is 6.19. The summed E-state index contributed by atoms with van der Waals surface area (Å²) in [5, 5.41) is 19.4.